The van der Waals surface area contributed by atoms with Crippen molar-refractivity contribution in [3.8, 4) is 0 Å². The predicted octanol–water partition coefficient (Wildman–Crippen LogP) is 4.15. The highest BCUT2D eigenvalue weighted by Gasteiger charge is 2.39. The molecule has 1 N–H and O–H groups in total. The Balaban J connectivity index is 1.88. The van der Waals surface area contributed by atoms with Crippen molar-refractivity contribution in [2.45, 2.75) is 57.5 Å². The normalized spacial score (nSPS) is 25.9. The predicted molar refractivity (Wildman–Crippen MR) is 86.8 cm³/mol. The molecule has 1 heterocycles. The van der Waals surface area contributed by atoms with Gasteiger partial charge in [0.05, 0.1) is 0 Å². The third kappa shape index (κ3) is 2.56. The first-order chi connectivity index (χ1) is 9.61. The molecule has 1 atom stereocenters. The van der Waals surface area contributed by atoms with Crippen LogP contribution in [0.25, 0.3) is 0 Å². The van der Waals surface area contributed by atoms with Crippen LogP contribution in [-0.2, 0) is 0 Å². The monoisotopic (exact) mass is 292 g/mol. The highest BCUT2D eigenvalue weighted by atomic mass is 35.5. The van der Waals surface area contributed by atoms with E-state index in [1.165, 1.54) is 43.4 Å². The van der Waals surface area contributed by atoms with Crippen molar-refractivity contribution >= 4 is 17.3 Å². The minimum Gasteiger partial charge on any atom is -0.365 e. The van der Waals surface area contributed by atoms with Gasteiger partial charge in [0.15, 0.2) is 0 Å². The summed E-state index contributed by atoms with van der Waals surface area (Å²) in [6, 6.07) is 6.82. The molecule has 1 spiro atoms. The van der Waals surface area contributed by atoms with Crippen LogP contribution in [0.3, 0.4) is 0 Å². The van der Waals surface area contributed by atoms with E-state index in [2.05, 4.69) is 36.2 Å². The van der Waals surface area contributed by atoms with Gasteiger partial charge in [-0.25, -0.2) is 0 Å². The summed E-state index contributed by atoms with van der Waals surface area (Å²) < 4.78 is 0. The maximum atomic E-state index is 6.32. The summed E-state index contributed by atoms with van der Waals surface area (Å²) in [4.78, 5) is 2.57. The molecule has 1 aromatic carbocycles. The quantitative estimate of drug-likeness (QED) is 0.836. The third-order valence-electron chi connectivity index (χ3n) is 5.14. The fraction of sp³-hybridized carbons (Fsp3) is 0.647. The van der Waals surface area contributed by atoms with Crippen molar-refractivity contribution in [1.29, 1.82) is 0 Å². The summed E-state index contributed by atoms with van der Waals surface area (Å²) in [5.41, 5.74) is 2.87. The second-order valence-electron chi connectivity index (χ2n) is 6.58. The number of piperazine rings is 1. The topological polar surface area (TPSA) is 15.3 Å². The van der Waals surface area contributed by atoms with E-state index in [1.807, 2.05) is 6.07 Å². The van der Waals surface area contributed by atoms with Crippen LogP contribution in [-0.4, -0.2) is 24.7 Å². The van der Waals surface area contributed by atoms with Gasteiger partial charge in [-0.1, -0.05) is 36.9 Å². The zero-order valence-corrected chi connectivity index (χ0v) is 13.3. The molecule has 0 amide bonds. The molecule has 110 valence electrons. The molecule has 3 rings (SSSR count). The Labute approximate surface area is 127 Å². The van der Waals surface area contributed by atoms with Crippen LogP contribution in [0.2, 0.25) is 5.02 Å². The highest BCUT2D eigenvalue weighted by Crippen LogP contribution is 2.36. The maximum Gasteiger partial charge on any atom is 0.0455 e. The van der Waals surface area contributed by atoms with Crippen molar-refractivity contribution in [2.75, 3.05) is 18.0 Å². The number of rotatable bonds is 1. The lowest BCUT2D eigenvalue weighted by atomic mass is 9.79. The van der Waals surface area contributed by atoms with Crippen molar-refractivity contribution in [3.05, 3.63) is 28.8 Å². The lowest BCUT2D eigenvalue weighted by Crippen LogP contribution is -2.64. The van der Waals surface area contributed by atoms with E-state index in [-0.39, 0.29) is 0 Å². The van der Waals surface area contributed by atoms with Gasteiger partial charge in [-0.15, -0.1) is 0 Å². The Morgan fingerprint density at radius 1 is 1.25 bits per heavy atom. The van der Waals surface area contributed by atoms with Gasteiger partial charge in [-0.05, 0) is 44.4 Å². The maximum absolute atomic E-state index is 6.32. The second-order valence-corrected chi connectivity index (χ2v) is 6.99. The molecule has 1 aromatic rings. The minimum atomic E-state index is 0.333. The summed E-state index contributed by atoms with van der Waals surface area (Å²) in [7, 11) is 0. The summed E-state index contributed by atoms with van der Waals surface area (Å²) >= 11 is 6.32. The van der Waals surface area contributed by atoms with E-state index in [1.54, 1.807) is 0 Å². The lowest BCUT2D eigenvalue weighted by Gasteiger charge is -2.50. The van der Waals surface area contributed by atoms with Crippen molar-refractivity contribution < 1.29 is 0 Å². The van der Waals surface area contributed by atoms with Crippen molar-refractivity contribution in [3.63, 3.8) is 0 Å². The Morgan fingerprint density at radius 2 is 2.00 bits per heavy atom. The van der Waals surface area contributed by atoms with Gasteiger partial charge < -0.3 is 10.2 Å². The zero-order chi connectivity index (χ0) is 14.2. The first-order valence-electron chi connectivity index (χ1n) is 7.88. The number of halogens is 1. The third-order valence-corrected chi connectivity index (χ3v) is 5.55. The molecule has 3 heteroatoms. The number of benzene rings is 1. The molecule has 1 unspecified atom stereocenters. The smallest absolute Gasteiger partial charge is 0.0455 e. The molecule has 0 bridgehead atoms. The summed E-state index contributed by atoms with van der Waals surface area (Å²) in [5.74, 6) is 0. The molecule has 0 aromatic heterocycles. The fourth-order valence-corrected chi connectivity index (χ4v) is 3.98. The molecule has 2 nitrogen and oxygen atoms in total. The second kappa shape index (κ2) is 5.57. The van der Waals surface area contributed by atoms with Crippen LogP contribution in [0.1, 0.15) is 44.6 Å². The summed E-state index contributed by atoms with van der Waals surface area (Å²) in [6.45, 7) is 6.64. The highest BCUT2D eigenvalue weighted by molar-refractivity contribution is 6.31. The van der Waals surface area contributed by atoms with E-state index >= 15 is 0 Å². The molecule has 0 radical (unpaired) electrons. The molecule has 20 heavy (non-hydrogen) atoms. The van der Waals surface area contributed by atoms with Gasteiger partial charge in [0.2, 0.25) is 0 Å². The first kappa shape index (κ1) is 14.2. The Bertz CT molecular complexity index is 480. The number of hydrogen-bond acceptors (Lipinski definition) is 2. The van der Waals surface area contributed by atoms with Gasteiger partial charge >= 0.3 is 0 Å². The molecule has 2 fully saturated rings. The Morgan fingerprint density at radius 3 is 2.75 bits per heavy atom. The van der Waals surface area contributed by atoms with Crippen LogP contribution < -0.4 is 10.2 Å². The van der Waals surface area contributed by atoms with Gasteiger partial charge in [-0.3, -0.25) is 0 Å². The van der Waals surface area contributed by atoms with E-state index in [4.69, 9.17) is 11.6 Å². The van der Waals surface area contributed by atoms with Gasteiger partial charge in [-0.2, -0.15) is 0 Å². The fourth-order valence-electron chi connectivity index (χ4n) is 3.81. The van der Waals surface area contributed by atoms with Gasteiger partial charge in [0, 0.05) is 35.4 Å². The van der Waals surface area contributed by atoms with Gasteiger partial charge in [0.25, 0.3) is 0 Å². The van der Waals surface area contributed by atoms with Crippen LogP contribution in [0.15, 0.2) is 18.2 Å². The van der Waals surface area contributed by atoms with E-state index in [0.717, 1.165) is 18.1 Å². The lowest BCUT2D eigenvalue weighted by molar-refractivity contribution is 0.200. The first-order valence-corrected chi connectivity index (χ1v) is 8.26. The SMILES string of the molecule is Cc1c(Cl)cccc1N1CC2(CCCCC2)NCC1C. The molecule has 1 saturated heterocycles. The Hall–Kier alpha value is -0.730. The standard InChI is InChI=1S/C17H25ClN2/c1-13-11-19-17(9-4-3-5-10-17)12-20(13)16-8-6-7-15(18)14(16)2/h6-8,13,19H,3-5,9-12H2,1-2H3. The number of anilines is 1. The van der Waals surface area contributed by atoms with Crippen molar-refractivity contribution in [2.24, 2.45) is 0 Å². The minimum absolute atomic E-state index is 0.333. The molecule has 1 saturated carbocycles. The van der Waals surface area contributed by atoms with Crippen LogP contribution in [0, 0.1) is 6.92 Å². The number of nitrogens with one attached hydrogen (secondary N) is 1. The molecule has 1 aliphatic heterocycles. The molecular formula is C17H25ClN2. The van der Waals surface area contributed by atoms with Crippen LogP contribution in [0.5, 0.6) is 0 Å². The van der Waals surface area contributed by atoms with Crippen LogP contribution in [0.4, 0.5) is 5.69 Å². The zero-order valence-electron chi connectivity index (χ0n) is 12.6. The average Bonchev–Trinajstić information content (AvgIpc) is 2.46. The van der Waals surface area contributed by atoms with E-state index < -0.39 is 0 Å². The number of nitrogens with zero attached hydrogens (tertiary/aromatic N) is 1. The average molecular weight is 293 g/mol. The summed E-state index contributed by atoms with van der Waals surface area (Å²) in [6.07, 6.45) is 6.76. The summed E-state index contributed by atoms with van der Waals surface area (Å²) in [5, 5.41) is 4.72. The largest absolute Gasteiger partial charge is 0.365 e. The van der Waals surface area contributed by atoms with Crippen LogP contribution >= 0.6 is 11.6 Å². The van der Waals surface area contributed by atoms with Gasteiger partial charge in [0.1, 0.15) is 0 Å². The molecule has 2 aliphatic rings. The molecular weight excluding hydrogens is 268 g/mol. The van der Waals surface area contributed by atoms with E-state index in [9.17, 15) is 0 Å². The van der Waals surface area contributed by atoms with Crippen molar-refractivity contribution in [1.82, 2.24) is 5.32 Å². The van der Waals surface area contributed by atoms with E-state index in [0.29, 0.717) is 11.6 Å². The molecule has 1 aliphatic carbocycles. The number of hydrogen-bond donors (Lipinski definition) is 1. The Kier molecular flexibility index (Phi) is 3.96.